The molecular formula is C21H22ClFN4O2. The molecule has 2 aliphatic rings. The Balaban J connectivity index is 1.33. The molecule has 3 heterocycles. The van der Waals surface area contributed by atoms with Crippen LogP contribution in [0.1, 0.15) is 19.3 Å². The van der Waals surface area contributed by atoms with Gasteiger partial charge >= 0.3 is 0 Å². The number of carbonyl (C=O) groups is 1. The van der Waals surface area contributed by atoms with Gasteiger partial charge in [0, 0.05) is 36.1 Å². The number of hydrogen-bond acceptors (Lipinski definition) is 5. The van der Waals surface area contributed by atoms with Gasteiger partial charge in [0.2, 0.25) is 5.91 Å². The first kappa shape index (κ1) is 19.9. The number of benzene rings is 1. The lowest BCUT2D eigenvalue weighted by atomic mass is 10.1. The molecule has 0 aliphatic carbocycles. The van der Waals surface area contributed by atoms with E-state index >= 15 is 0 Å². The fraction of sp³-hybridized carbons (Fsp3) is 0.476. The first-order valence-electron chi connectivity index (χ1n) is 9.80. The summed E-state index contributed by atoms with van der Waals surface area (Å²) in [4.78, 5) is 20.3. The van der Waals surface area contributed by atoms with Gasteiger partial charge in [-0.2, -0.15) is 5.26 Å². The molecule has 4 rings (SSSR count). The van der Waals surface area contributed by atoms with Crippen molar-refractivity contribution in [3.8, 4) is 11.8 Å². The standard InChI is InChI=1S/C21H22ClFN4O2/c22-14-1-2-19-18(9-14)20(3-6-25-19)29-17-4-7-26(8-5-17)13-21(28)27-12-15(23)10-16(27)11-24/h1-3,6,9,15-17H,4-5,7-8,10,12-13H2/t15-,16-/m0/s1. The van der Waals surface area contributed by atoms with Crippen molar-refractivity contribution in [1.29, 1.82) is 5.26 Å². The molecule has 29 heavy (non-hydrogen) atoms. The summed E-state index contributed by atoms with van der Waals surface area (Å²) in [7, 11) is 0. The highest BCUT2D eigenvalue weighted by Crippen LogP contribution is 2.29. The molecule has 0 saturated carbocycles. The monoisotopic (exact) mass is 416 g/mol. The Morgan fingerprint density at radius 1 is 1.34 bits per heavy atom. The molecule has 0 spiro atoms. The third kappa shape index (κ3) is 4.44. The molecule has 1 aromatic carbocycles. The van der Waals surface area contributed by atoms with Crippen molar-refractivity contribution >= 4 is 28.4 Å². The van der Waals surface area contributed by atoms with Crippen LogP contribution in [0.5, 0.6) is 5.75 Å². The number of aromatic nitrogens is 1. The highest BCUT2D eigenvalue weighted by Gasteiger charge is 2.36. The van der Waals surface area contributed by atoms with Crippen LogP contribution >= 0.6 is 11.6 Å². The number of piperidine rings is 1. The lowest BCUT2D eigenvalue weighted by Crippen LogP contribution is -2.46. The average Bonchev–Trinajstić information content (AvgIpc) is 3.11. The second-order valence-corrected chi connectivity index (χ2v) is 8.02. The molecule has 1 aromatic heterocycles. The van der Waals surface area contributed by atoms with Crippen molar-refractivity contribution in [3.63, 3.8) is 0 Å². The van der Waals surface area contributed by atoms with E-state index in [0.717, 1.165) is 29.5 Å². The number of nitrogens with zero attached hydrogens (tertiary/aromatic N) is 4. The van der Waals surface area contributed by atoms with E-state index in [9.17, 15) is 9.18 Å². The van der Waals surface area contributed by atoms with Crippen molar-refractivity contribution in [2.24, 2.45) is 0 Å². The quantitative estimate of drug-likeness (QED) is 0.765. The van der Waals surface area contributed by atoms with Crippen LogP contribution in [0.15, 0.2) is 30.5 Å². The predicted molar refractivity (Wildman–Crippen MR) is 107 cm³/mol. The van der Waals surface area contributed by atoms with E-state index in [4.69, 9.17) is 21.6 Å². The minimum Gasteiger partial charge on any atom is -0.490 e. The molecule has 0 unspecified atom stereocenters. The van der Waals surface area contributed by atoms with Crippen LogP contribution in [0.25, 0.3) is 10.9 Å². The maximum absolute atomic E-state index is 13.6. The van der Waals surface area contributed by atoms with Crippen LogP contribution in [0.4, 0.5) is 4.39 Å². The molecule has 2 fully saturated rings. The van der Waals surface area contributed by atoms with Gasteiger partial charge in [0.25, 0.3) is 0 Å². The van der Waals surface area contributed by atoms with Gasteiger partial charge in [-0.05, 0) is 37.1 Å². The Morgan fingerprint density at radius 2 is 2.14 bits per heavy atom. The normalized spacial score (nSPS) is 23.3. The summed E-state index contributed by atoms with van der Waals surface area (Å²) in [5.74, 6) is 0.584. The first-order valence-corrected chi connectivity index (χ1v) is 10.2. The maximum atomic E-state index is 13.6. The molecule has 0 bridgehead atoms. The number of halogens is 2. The molecule has 1 amide bonds. The Hall–Kier alpha value is -2.43. The summed E-state index contributed by atoms with van der Waals surface area (Å²) >= 11 is 6.12. The van der Waals surface area contributed by atoms with Crippen molar-refractivity contribution in [2.45, 2.75) is 37.6 Å². The number of hydrogen-bond donors (Lipinski definition) is 0. The van der Waals surface area contributed by atoms with E-state index in [1.165, 1.54) is 4.90 Å². The zero-order valence-corrected chi connectivity index (χ0v) is 16.7. The predicted octanol–water partition coefficient (Wildman–Crippen LogP) is 3.19. The summed E-state index contributed by atoms with van der Waals surface area (Å²) in [5, 5.41) is 10.6. The summed E-state index contributed by atoms with van der Waals surface area (Å²) < 4.78 is 19.8. The molecule has 8 heteroatoms. The van der Waals surface area contributed by atoms with E-state index in [0.29, 0.717) is 18.1 Å². The van der Waals surface area contributed by atoms with E-state index in [-0.39, 0.29) is 31.5 Å². The van der Waals surface area contributed by atoms with E-state index < -0.39 is 12.2 Å². The minimum atomic E-state index is -1.11. The van der Waals surface area contributed by atoms with Gasteiger partial charge in [-0.15, -0.1) is 0 Å². The number of alkyl halides is 1. The number of ether oxygens (including phenoxy) is 1. The second kappa shape index (κ2) is 8.52. The third-order valence-electron chi connectivity index (χ3n) is 5.57. The van der Waals surface area contributed by atoms with Crippen LogP contribution in [-0.4, -0.2) is 65.2 Å². The Morgan fingerprint density at radius 3 is 2.90 bits per heavy atom. The second-order valence-electron chi connectivity index (χ2n) is 7.59. The molecule has 2 aromatic rings. The van der Waals surface area contributed by atoms with Gasteiger partial charge in [0.1, 0.15) is 24.1 Å². The van der Waals surface area contributed by atoms with Crippen LogP contribution in [0.3, 0.4) is 0 Å². The lowest BCUT2D eigenvalue weighted by Gasteiger charge is -2.33. The summed E-state index contributed by atoms with van der Waals surface area (Å²) in [6, 6.07) is 8.75. The summed E-state index contributed by atoms with van der Waals surface area (Å²) in [6.45, 7) is 1.66. The number of likely N-dealkylation sites (tertiary alicyclic amines) is 2. The molecule has 152 valence electrons. The molecule has 0 radical (unpaired) electrons. The SMILES string of the molecule is N#C[C@@H]1C[C@H](F)CN1C(=O)CN1CCC(Oc2ccnc3ccc(Cl)cc23)CC1. The Bertz CT molecular complexity index is 942. The van der Waals surface area contributed by atoms with Gasteiger partial charge in [0.05, 0.1) is 24.7 Å². The lowest BCUT2D eigenvalue weighted by molar-refractivity contribution is -0.133. The topological polar surface area (TPSA) is 69.5 Å². The summed E-state index contributed by atoms with van der Waals surface area (Å²) in [6.07, 6.45) is 2.34. The van der Waals surface area contributed by atoms with Crippen molar-refractivity contribution < 1.29 is 13.9 Å². The molecule has 2 atom stereocenters. The number of carbonyl (C=O) groups excluding carboxylic acids is 1. The molecule has 2 saturated heterocycles. The first-order chi connectivity index (χ1) is 14.0. The van der Waals surface area contributed by atoms with Gasteiger partial charge in [-0.3, -0.25) is 14.7 Å². The third-order valence-corrected chi connectivity index (χ3v) is 5.81. The number of pyridine rings is 1. The number of nitriles is 1. The summed E-state index contributed by atoms with van der Waals surface area (Å²) in [5.41, 5.74) is 0.832. The van der Waals surface area contributed by atoms with E-state index in [1.807, 2.05) is 29.2 Å². The fourth-order valence-corrected chi connectivity index (χ4v) is 4.20. The van der Waals surface area contributed by atoms with Crippen molar-refractivity contribution in [3.05, 3.63) is 35.5 Å². The molecular weight excluding hydrogens is 395 g/mol. The molecule has 2 aliphatic heterocycles. The highest BCUT2D eigenvalue weighted by atomic mass is 35.5. The van der Waals surface area contributed by atoms with Crippen LogP contribution < -0.4 is 4.74 Å². The van der Waals surface area contributed by atoms with Crippen LogP contribution in [0, 0.1) is 11.3 Å². The Labute approximate surface area is 173 Å². The van der Waals surface area contributed by atoms with Crippen LogP contribution in [0.2, 0.25) is 5.02 Å². The van der Waals surface area contributed by atoms with E-state index in [2.05, 4.69) is 4.98 Å². The average molecular weight is 417 g/mol. The van der Waals surface area contributed by atoms with Crippen molar-refractivity contribution in [2.75, 3.05) is 26.2 Å². The maximum Gasteiger partial charge on any atom is 0.237 e. The van der Waals surface area contributed by atoms with Crippen LogP contribution in [-0.2, 0) is 4.79 Å². The number of rotatable bonds is 4. The number of amides is 1. The van der Waals surface area contributed by atoms with Gasteiger partial charge in [-0.1, -0.05) is 11.6 Å². The van der Waals surface area contributed by atoms with Gasteiger partial charge in [-0.25, -0.2) is 4.39 Å². The fourth-order valence-electron chi connectivity index (χ4n) is 4.03. The number of fused-ring (bicyclic) bond motifs is 1. The van der Waals surface area contributed by atoms with Crippen molar-refractivity contribution in [1.82, 2.24) is 14.8 Å². The highest BCUT2D eigenvalue weighted by molar-refractivity contribution is 6.31. The van der Waals surface area contributed by atoms with E-state index in [1.54, 1.807) is 12.3 Å². The minimum absolute atomic E-state index is 0.0221. The molecule has 0 N–H and O–H groups in total. The van der Waals surface area contributed by atoms with Gasteiger partial charge < -0.3 is 9.64 Å². The Kier molecular flexibility index (Phi) is 5.84. The van der Waals surface area contributed by atoms with Gasteiger partial charge in [0.15, 0.2) is 0 Å². The largest absolute Gasteiger partial charge is 0.490 e. The molecule has 6 nitrogen and oxygen atoms in total. The zero-order valence-electron chi connectivity index (χ0n) is 15.9. The zero-order chi connectivity index (χ0) is 20.4. The smallest absolute Gasteiger partial charge is 0.237 e.